The maximum absolute atomic E-state index is 13.5. The predicted molar refractivity (Wildman–Crippen MR) is 56.3 cm³/mol. The van der Waals surface area contributed by atoms with Crippen molar-refractivity contribution in [1.82, 2.24) is 0 Å². The van der Waals surface area contributed by atoms with Crippen molar-refractivity contribution in [1.29, 1.82) is 0 Å². The quantitative estimate of drug-likeness (QED) is 0.840. The van der Waals surface area contributed by atoms with Crippen molar-refractivity contribution in [3.63, 3.8) is 0 Å². The Kier molecular flexibility index (Phi) is 4.23. The van der Waals surface area contributed by atoms with Crippen LogP contribution < -0.4 is 0 Å². The fourth-order valence-electron chi connectivity index (χ4n) is 1.27. The van der Waals surface area contributed by atoms with E-state index in [2.05, 4.69) is 15.9 Å². The molecule has 0 radical (unpaired) electrons. The number of hydrogen-bond donors (Lipinski definition) is 2. The van der Waals surface area contributed by atoms with E-state index in [1.807, 2.05) is 0 Å². The third-order valence-electron chi connectivity index (χ3n) is 2.05. The maximum atomic E-state index is 13.5. The number of halogens is 3. The molecule has 0 spiro atoms. The van der Waals surface area contributed by atoms with E-state index in [9.17, 15) is 13.6 Å². The first-order chi connectivity index (χ1) is 7.43. The number of aromatic hydroxyl groups is 1. The molecule has 6 heteroatoms. The van der Waals surface area contributed by atoms with Crippen LogP contribution in [0.15, 0.2) is 10.5 Å². The first kappa shape index (κ1) is 12.9. The van der Waals surface area contributed by atoms with Crippen LogP contribution in [0.4, 0.5) is 8.78 Å². The summed E-state index contributed by atoms with van der Waals surface area (Å²) in [6.07, 6.45) is -0.0411. The molecule has 0 amide bonds. The lowest BCUT2D eigenvalue weighted by Gasteiger charge is -2.07. The minimum absolute atomic E-state index is 0.0250. The van der Waals surface area contributed by atoms with E-state index in [-0.39, 0.29) is 29.3 Å². The van der Waals surface area contributed by atoms with Crippen molar-refractivity contribution < 1.29 is 23.8 Å². The summed E-state index contributed by atoms with van der Waals surface area (Å²) >= 11 is 2.78. The van der Waals surface area contributed by atoms with Crippen molar-refractivity contribution >= 4 is 21.9 Å². The molecular formula is C10H9BrF2O3. The zero-order valence-corrected chi connectivity index (χ0v) is 9.72. The van der Waals surface area contributed by atoms with Crippen molar-refractivity contribution in [2.45, 2.75) is 19.3 Å². The fraction of sp³-hybridized carbons (Fsp3) is 0.300. The summed E-state index contributed by atoms with van der Waals surface area (Å²) in [5, 5.41) is 17.5. The maximum Gasteiger partial charge on any atom is 0.303 e. The van der Waals surface area contributed by atoms with Gasteiger partial charge in [-0.05, 0) is 28.8 Å². The van der Waals surface area contributed by atoms with Gasteiger partial charge in [-0.3, -0.25) is 4.79 Å². The molecule has 1 aromatic rings. The van der Waals surface area contributed by atoms with Gasteiger partial charge in [0.05, 0.1) is 4.47 Å². The van der Waals surface area contributed by atoms with E-state index in [4.69, 9.17) is 10.2 Å². The van der Waals surface area contributed by atoms with Gasteiger partial charge in [0.2, 0.25) is 0 Å². The summed E-state index contributed by atoms with van der Waals surface area (Å²) in [6, 6.07) is 0.795. The van der Waals surface area contributed by atoms with Crippen LogP contribution in [-0.4, -0.2) is 16.2 Å². The Bertz CT molecular complexity index is 421. The number of hydrogen-bond acceptors (Lipinski definition) is 2. The smallest absolute Gasteiger partial charge is 0.303 e. The van der Waals surface area contributed by atoms with Gasteiger partial charge in [-0.25, -0.2) is 8.78 Å². The first-order valence-corrected chi connectivity index (χ1v) is 5.30. The van der Waals surface area contributed by atoms with Gasteiger partial charge in [0, 0.05) is 18.1 Å². The molecule has 1 aromatic carbocycles. The molecule has 0 aliphatic carbocycles. The van der Waals surface area contributed by atoms with Gasteiger partial charge < -0.3 is 10.2 Å². The Morgan fingerprint density at radius 1 is 1.44 bits per heavy atom. The fourth-order valence-corrected chi connectivity index (χ4v) is 1.62. The van der Waals surface area contributed by atoms with Crippen LogP contribution in [-0.2, 0) is 11.2 Å². The number of phenolic OH excluding ortho intramolecular Hbond substituents is 1. The van der Waals surface area contributed by atoms with Gasteiger partial charge in [0.25, 0.3) is 0 Å². The highest BCUT2D eigenvalue weighted by atomic mass is 79.9. The molecule has 0 aliphatic heterocycles. The van der Waals surface area contributed by atoms with Crippen LogP contribution >= 0.6 is 15.9 Å². The Hall–Kier alpha value is -1.17. The summed E-state index contributed by atoms with van der Waals surface area (Å²) in [7, 11) is 0. The van der Waals surface area contributed by atoms with E-state index >= 15 is 0 Å². The van der Waals surface area contributed by atoms with Crippen LogP contribution in [0.3, 0.4) is 0 Å². The lowest BCUT2D eigenvalue weighted by molar-refractivity contribution is -0.137. The zero-order chi connectivity index (χ0) is 12.3. The third kappa shape index (κ3) is 2.91. The first-order valence-electron chi connectivity index (χ1n) is 4.50. The third-order valence-corrected chi connectivity index (χ3v) is 2.81. The molecule has 0 aliphatic rings. The molecule has 3 nitrogen and oxygen atoms in total. The normalized spacial score (nSPS) is 10.4. The van der Waals surface area contributed by atoms with Crippen LogP contribution in [0, 0.1) is 11.6 Å². The minimum atomic E-state index is -1.02. The monoisotopic (exact) mass is 294 g/mol. The largest absolute Gasteiger partial charge is 0.507 e. The molecule has 2 N–H and O–H groups in total. The number of carboxylic acids is 1. The number of phenols is 1. The summed E-state index contributed by atoms with van der Waals surface area (Å²) in [5.41, 5.74) is -0.217. The van der Waals surface area contributed by atoms with Crippen LogP contribution in [0.25, 0.3) is 0 Å². The van der Waals surface area contributed by atoms with Crippen LogP contribution in [0.1, 0.15) is 18.4 Å². The average Bonchev–Trinajstić information content (AvgIpc) is 2.19. The SMILES string of the molecule is O=C(O)CCCc1c(F)cc(O)c(Br)c1F. The van der Waals surface area contributed by atoms with Crippen molar-refractivity contribution in [2.75, 3.05) is 0 Å². The van der Waals surface area contributed by atoms with Gasteiger partial charge in [-0.1, -0.05) is 0 Å². The van der Waals surface area contributed by atoms with Gasteiger partial charge in [-0.2, -0.15) is 0 Å². The van der Waals surface area contributed by atoms with Gasteiger partial charge in [0.15, 0.2) is 0 Å². The Labute approximate surface area is 98.8 Å². The number of rotatable bonds is 4. The summed E-state index contributed by atoms with van der Waals surface area (Å²) in [4.78, 5) is 10.2. The van der Waals surface area contributed by atoms with Crippen molar-refractivity contribution in [2.24, 2.45) is 0 Å². The van der Waals surface area contributed by atoms with Crippen molar-refractivity contribution in [3.05, 3.63) is 27.7 Å². The number of carboxylic acid groups (broad SMARTS) is 1. The van der Waals surface area contributed by atoms with Gasteiger partial charge in [-0.15, -0.1) is 0 Å². The molecule has 0 aromatic heterocycles. The van der Waals surface area contributed by atoms with Gasteiger partial charge in [0.1, 0.15) is 17.4 Å². The van der Waals surface area contributed by atoms with Gasteiger partial charge >= 0.3 is 5.97 Å². The number of carbonyl (C=O) groups is 1. The molecule has 1 rings (SSSR count). The molecule has 0 saturated carbocycles. The summed E-state index contributed by atoms with van der Waals surface area (Å²) in [5.74, 6) is -3.29. The topological polar surface area (TPSA) is 57.5 Å². The zero-order valence-electron chi connectivity index (χ0n) is 8.14. The number of aliphatic carboxylic acids is 1. The predicted octanol–water partition coefficient (Wildman–Crippen LogP) is 2.84. The summed E-state index contributed by atoms with van der Waals surface area (Å²) < 4.78 is 26.5. The van der Waals surface area contributed by atoms with E-state index < -0.39 is 23.4 Å². The van der Waals surface area contributed by atoms with E-state index in [0.717, 1.165) is 6.07 Å². The lowest BCUT2D eigenvalue weighted by Crippen LogP contribution is -2.00. The molecule has 88 valence electrons. The summed E-state index contributed by atoms with van der Waals surface area (Å²) in [6.45, 7) is 0. The molecular weight excluding hydrogens is 286 g/mol. The van der Waals surface area contributed by atoms with E-state index in [0.29, 0.717) is 0 Å². The number of benzene rings is 1. The average molecular weight is 295 g/mol. The molecule has 0 fully saturated rings. The van der Waals surface area contributed by atoms with E-state index in [1.54, 1.807) is 0 Å². The van der Waals surface area contributed by atoms with Crippen LogP contribution in [0.2, 0.25) is 0 Å². The second kappa shape index (κ2) is 5.25. The second-order valence-electron chi connectivity index (χ2n) is 3.23. The molecule has 16 heavy (non-hydrogen) atoms. The Morgan fingerprint density at radius 3 is 2.62 bits per heavy atom. The molecule has 0 bridgehead atoms. The van der Waals surface area contributed by atoms with Crippen LogP contribution in [0.5, 0.6) is 5.75 Å². The molecule has 0 atom stereocenters. The Morgan fingerprint density at radius 2 is 2.06 bits per heavy atom. The molecule has 0 heterocycles. The highest BCUT2D eigenvalue weighted by Crippen LogP contribution is 2.31. The lowest BCUT2D eigenvalue weighted by atomic mass is 10.1. The molecule has 0 unspecified atom stereocenters. The highest BCUT2D eigenvalue weighted by Gasteiger charge is 2.16. The van der Waals surface area contributed by atoms with Crippen molar-refractivity contribution in [3.8, 4) is 5.75 Å². The second-order valence-corrected chi connectivity index (χ2v) is 4.02. The Balaban J connectivity index is 2.87. The standard InChI is InChI=1S/C10H9BrF2O3/c11-9-7(14)4-6(12)5(10(9)13)2-1-3-8(15)16/h4,14H,1-3H2,(H,15,16). The van der Waals surface area contributed by atoms with E-state index in [1.165, 1.54) is 0 Å². The highest BCUT2D eigenvalue weighted by molar-refractivity contribution is 9.10. The minimum Gasteiger partial charge on any atom is -0.507 e. The molecule has 0 saturated heterocycles.